The Bertz CT molecular complexity index is 322. The zero-order valence-corrected chi connectivity index (χ0v) is 11.0. The second kappa shape index (κ2) is 7.06. The van der Waals surface area contributed by atoms with Crippen molar-refractivity contribution in [3.63, 3.8) is 0 Å². The van der Waals surface area contributed by atoms with Crippen LogP contribution in [0.2, 0.25) is 0 Å². The van der Waals surface area contributed by atoms with Gasteiger partial charge in [-0.1, -0.05) is 13.3 Å². The van der Waals surface area contributed by atoms with Gasteiger partial charge in [-0.3, -0.25) is 0 Å². The van der Waals surface area contributed by atoms with Crippen LogP contribution in [-0.4, -0.2) is 30.2 Å². The number of hydrogen-bond donors (Lipinski definition) is 1. The van der Waals surface area contributed by atoms with E-state index in [0.29, 0.717) is 24.3 Å². The molecule has 0 aromatic carbocycles. The summed E-state index contributed by atoms with van der Waals surface area (Å²) < 4.78 is 10.4. The van der Waals surface area contributed by atoms with Gasteiger partial charge < -0.3 is 14.8 Å². The smallest absolute Gasteiger partial charge is 0.224 e. The Morgan fingerprint density at radius 3 is 2.29 bits per heavy atom. The molecule has 1 rings (SSSR count). The van der Waals surface area contributed by atoms with Gasteiger partial charge in [0.2, 0.25) is 11.8 Å². The van der Waals surface area contributed by atoms with Crippen molar-refractivity contribution in [3.05, 3.63) is 11.9 Å². The zero-order valence-electron chi connectivity index (χ0n) is 11.0. The van der Waals surface area contributed by atoms with Crippen molar-refractivity contribution in [2.45, 2.75) is 39.3 Å². The first-order chi connectivity index (χ1) is 8.22. The molecule has 1 heterocycles. The summed E-state index contributed by atoms with van der Waals surface area (Å²) in [6.07, 6.45) is 3.74. The fourth-order valence-electron chi connectivity index (χ4n) is 1.70. The maximum Gasteiger partial charge on any atom is 0.224 e. The van der Waals surface area contributed by atoms with E-state index >= 15 is 0 Å². The van der Waals surface area contributed by atoms with Crippen LogP contribution in [0.25, 0.3) is 0 Å². The topological polar surface area (TPSA) is 56.3 Å². The minimum absolute atomic E-state index is 0.453. The van der Waals surface area contributed by atoms with E-state index in [9.17, 15) is 0 Å². The van der Waals surface area contributed by atoms with Gasteiger partial charge in [0.05, 0.1) is 19.8 Å². The molecule has 0 aliphatic carbocycles. The monoisotopic (exact) mass is 239 g/mol. The fraction of sp³-hybridized carbons (Fsp3) is 0.667. The Kier molecular flexibility index (Phi) is 5.69. The summed E-state index contributed by atoms with van der Waals surface area (Å²) in [7, 11) is 3.20. The highest BCUT2D eigenvalue weighted by molar-refractivity contribution is 5.34. The molecule has 0 bridgehead atoms. The minimum Gasteiger partial charge on any atom is -0.481 e. The lowest BCUT2D eigenvalue weighted by Gasteiger charge is -2.15. The molecule has 96 valence electrons. The van der Waals surface area contributed by atoms with Crippen LogP contribution in [0, 0.1) is 0 Å². The van der Waals surface area contributed by atoms with E-state index in [1.807, 2.05) is 0 Å². The highest BCUT2D eigenvalue weighted by Gasteiger charge is 2.13. The number of rotatable bonds is 7. The molecule has 5 nitrogen and oxygen atoms in total. The second-order valence-corrected chi connectivity index (χ2v) is 3.94. The molecule has 0 amide bonds. The van der Waals surface area contributed by atoms with Crippen molar-refractivity contribution in [2.24, 2.45) is 0 Å². The molecule has 0 spiro atoms. The molecule has 5 heteroatoms. The van der Waals surface area contributed by atoms with Gasteiger partial charge in [0.25, 0.3) is 0 Å². The third kappa shape index (κ3) is 3.85. The first kappa shape index (κ1) is 13.7. The quantitative estimate of drug-likeness (QED) is 0.786. The van der Waals surface area contributed by atoms with Gasteiger partial charge in [-0.05, 0) is 13.3 Å². The molecule has 1 atom stereocenters. The molecule has 0 aliphatic rings. The maximum absolute atomic E-state index is 5.21. The van der Waals surface area contributed by atoms with E-state index in [0.717, 1.165) is 18.4 Å². The predicted molar refractivity (Wildman–Crippen MR) is 66.3 cm³/mol. The Labute approximate surface area is 103 Å². The molecule has 0 fully saturated rings. The number of ether oxygens (including phenoxy) is 2. The summed E-state index contributed by atoms with van der Waals surface area (Å²) in [5.41, 5.74) is 0.862. The summed E-state index contributed by atoms with van der Waals surface area (Å²) in [6, 6.07) is 0.453. The number of aromatic nitrogens is 2. The summed E-state index contributed by atoms with van der Waals surface area (Å²) in [5.74, 6) is 1.13. The lowest BCUT2D eigenvalue weighted by Crippen LogP contribution is -2.25. The Hall–Kier alpha value is -1.36. The molecule has 17 heavy (non-hydrogen) atoms. The van der Waals surface area contributed by atoms with Crippen LogP contribution in [0.3, 0.4) is 0 Å². The van der Waals surface area contributed by atoms with Gasteiger partial charge in [-0.2, -0.15) is 0 Å². The van der Waals surface area contributed by atoms with E-state index in [4.69, 9.17) is 9.47 Å². The van der Waals surface area contributed by atoms with Gasteiger partial charge in [-0.15, -0.1) is 0 Å². The predicted octanol–water partition coefficient (Wildman–Crippen LogP) is 1.77. The van der Waals surface area contributed by atoms with Crippen molar-refractivity contribution in [2.75, 3.05) is 14.2 Å². The summed E-state index contributed by atoms with van der Waals surface area (Å²) in [6.45, 7) is 4.98. The first-order valence-electron chi connectivity index (χ1n) is 5.88. The van der Waals surface area contributed by atoms with E-state index in [-0.39, 0.29) is 0 Å². The summed E-state index contributed by atoms with van der Waals surface area (Å²) in [4.78, 5) is 8.15. The molecular weight excluding hydrogens is 218 g/mol. The standard InChI is InChI=1S/C12H21N3O2/c1-5-6-9(2)13-7-10-11(16-3)14-8-15-12(10)17-4/h8-9,13H,5-7H2,1-4H3. The van der Waals surface area contributed by atoms with E-state index in [2.05, 4.69) is 29.1 Å². The number of hydrogen-bond acceptors (Lipinski definition) is 5. The van der Waals surface area contributed by atoms with Crippen LogP contribution in [0.5, 0.6) is 11.8 Å². The van der Waals surface area contributed by atoms with E-state index in [1.54, 1.807) is 14.2 Å². The third-order valence-corrected chi connectivity index (χ3v) is 2.60. The van der Waals surface area contributed by atoms with Crippen LogP contribution < -0.4 is 14.8 Å². The van der Waals surface area contributed by atoms with Crippen LogP contribution in [-0.2, 0) is 6.54 Å². The molecule has 0 saturated heterocycles. The van der Waals surface area contributed by atoms with Crippen LogP contribution in [0.15, 0.2) is 6.33 Å². The fourth-order valence-corrected chi connectivity index (χ4v) is 1.70. The van der Waals surface area contributed by atoms with Crippen LogP contribution in [0.4, 0.5) is 0 Å². The third-order valence-electron chi connectivity index (χ3n) is 2.60. The summed E-state index contributed by atoms with van der Waals surface area (Å²) in [5, 5.41) is 3.41. The van der Waals surface area contributed by atoms with Gasteiger partial charge in [-0.25, -0.2) is 9.97 Å². The normalized spacial score (nSPS) is 12.2. The Balaban J connectivity index is 2.74. The van der Waals surface area contributed by atoms with Crippen LogP contribution in [0.1, 0.15) is 32.3 Å². The van der Waals surface area contributed by atoms with Crippen molar-refractivity contribution in [3.8, 4) is 11.8 Å². The summed E-state index contributed by atoms with van der Waals surface area (Å²) >= 11 is 0. The average Bonchev–Trinajstić information content (AvgIpc) is 2.36. The molecule has 0 radical (unpaired) electrons. The number of nitrogens with zero attached hydrogens (tertiary/aromatic N) is 2. The molecule has 0 aliphatic heterocycles. The van der Waals surface area contributed by atoms with E-state index in [1.165, 1.54) is 6.33 Å². The number of methoxy groups -OCH3 is 2. The number of nitrogens with one attached hydrogen (secondary N) is 1. The van der Waals surface area contributed by atoms with E-state index < -0.39 is 0 Å². The van der Waals surface area contributed by atoms with Gasteiger partial charge in [0, 0.05) is 12.6 Å². The van der Waals surface area contributed by atoms with Crippen molar-refractivity contribution in [1.82, 2.24) is 15.3 Å². The molecule has 0 saturated carbocycles. The van der Waals surface area contributed by atoms with Gasteiger partial charge in [0.1, 0.15) is 6.33 Å². The second-order valence-electron chi connectivity index (χ2n) is 3.94. The molecule has 1 aromatic rings. The van der Waals surface area contributed by atoms with Crippen molar-refractivity contribution in [1.29, 1.82) is 0 Å². The lowest BCUT2D eigenvalue weighted by molar-refractivity contribution is 0.356. The SMILES string of the molecule is CCCC(C)NCc1c(OC)ncnc1OC. The highest BCUT2D eigenvalue weighted by atomic mass is 16.5. The molecule has 1 aromatic heterocycles. The average molecular weight is 239 g/mol. The first-order valence-corrected chi connectivity index (χ1v) is 5.88. The Morgan fingerprint density at radius 2 is 1.82 bits per heavy atom. The van der Waals surface area contributed by atoms with Crippen molar-refractivity contribution < 1.29 is 9.47 Å². The Morgan fingerprint density at radius 1 is 1.24 bits per heavy atom. The highest BCUT2D eigenvalue weighted by Crippen LogP contribution is 2.23. The van der Waals surface area contributed by atoms with Crippen LogP contribution >= 0.6 is 0 Å². The van der Waals surface area contributed by atoms with Gasteiger partial charge >= 0.3 is 0 Å². The zero-order chi connectivity index (χ0) is 12.7. The largest absolute Gasteiger partial charge is 0.481 e. The van der Waals surface area contributed by atoms with Gasteiger partial charge in [0.15, 0.2) is 0 Å². The van der Waals surface area contributed by atoms with Crippen molar-refractivity contribution >= 4 is 0 Å². The lowest BCUT2D eigenvalue weighted by atomic mass is 10.2. The molecule has 1 unspecified atom stereocenters. The molecule has 1 N–H and O–H groups in total. The minimum atomic E-state index is 0.453. The molecular formula is C12H21N3O2. The maximum atomic E-state index is 5.21.